The van der Waals surface area contributed by atoms with E-state index in [0.29, 0.717) is 13.2 Å². The Morgan fingerprint density at radius 1 is 1.24 bits per heavy atom. The largest absolute Gasteiger partial charge is 0.486 e. The van der Waals surface area contributed by atoms with E-state index in [4.69, 9.17) is 15.2 Å². The third-order valence-electron chi connectivity index (χ3n) is 4.23. The molecule has 1 aromatic carbocycles. The van der Waals surface area contributed by atoms with Crippen molar-refractivity contribution in [3.05, 3.63) is 23.3 Å². The molecule has 0 radical (unpaired) electrons. The minimum atomic E-state index is 0.194. The first-order valence-corrected chi connectivity index (χ1v) is 6.37. The Morgan fingerprint density at radius 3 is 2.65 bits per heavy atom. The van der Waals surface area contributed by atoms with E-state index >= 15 is 0 Å². The van der Waals surface area contributed by atoms with E-state index in [1.165, 1.54) is 30.4 Å². The lowest BCUT2D eigenvalue weighted by atomic mass is 9.63. The fourth-order valence-electron chi connectivity index (χ4n) is 3.02. The van der Waals surface area contributed by atoms with Gasteiger partial charge in [-0.15, -0.1) is 0 Å². The molecule has 0 unspecified atom stereocenters. The second-order valence-electron chi connectivity index (χ2n) is 5.10. The number of ether oxygens (including phenoxy) is 2. The highest BCUT2D eigenvalue weighted by atomic mass is 16.6. The highest BCUT2D eigenvalue weighted by molar-refractivity contribution is 5.53. The van der Waals surface area contributed by atoms with Crippen molar-refractivity contribution in [2.45, 2.75) is 31.6 Å². The van der Waals surface area contributed by atoms with E-state index in [-0.39, 0.29) is 5.41 Å². The summed E-state index contributed by atoms with van der Waals surface area (Å²) >= 11 is 0. The Balaban J connectivity index is 2.06. The summed E-state index contributed by atoms with van der Waals surface area (Å²) in [6.07, 6.45) is 3.68. The highest BCUT2D eigenvalue weighted by Gasteiger charge is 2.39. The Labute approximate surface area is 102 Å². The number of fused-ring (bicyclic) bond motifs is 1. The molecule has 0 spiro atoms. The van der Waals surface area contributed by atoms with Crippen LogP contribution in [0.25, 0.3) is 0 Å². The van der Waals surface area contributed by atoms with Gasteiger partial charge in [0.2, 0.25) is 0 Å². The van der Waals surface area contributed by atoms with Gasteiger partial charge in [-0.05, 0) is 37.0 Å². The molecule has 2 aliphatic rings. The van der Waals surface area contributed by atoms with Crippen LogP contribution < -0.4 is 15.2 Å². The smallest absolute Gasteiger partial charge is 0.164 e. The fraction of sp³-hybridized carbons (Fsp3) is 0.571. The second kappa shape index (κ2) is 3.91. The SMILES string of the molecule is Cc1c(C2(CN)CCC2)ccc2c1OCCO2. The van der Waals surface area contributed by atoms with E-state index in [9.17, 15) is 0 Å². The second-order valence-corrected chi connectivity index (χ2v) is 5.10. The van der Waals surface area contributed by atoms with Crippen LogP contribution in [0.4, 0.5) is 0 Å². The van der Waals surface area contributed by atoms with Crippen molar-refractivity contribution in [3.8, 4) is 11.5 Å². The summed E-state index contributed by atoms with van der Waals surface area (Å²) in [5.41, 5.74) is 8.74. The van der Waals surface area contributed by atoms with Crippen LogP contribution >= 0.6 is 0 Å². The zero-order valence-corrected chi connectivity index (χ0v) is 10.3. The molecule has 0 bridgehead atoms. The minimum Gasteiger partial charge on any atom is -0.486 e. The Bertz CT molecular complexity index is 433. The van der Waals surface area contributed by atoms with E-state index in [0.717, 1.165) is 18.0 Å². The summed E-state index contributed by atoms with van der Waals surface area (Å²) in [4.78, 5) is 0. The molecule has 17 heavy (non-hydrogen) atoms. The summed E-state index contributed by atoms with van der Waals surface area (Å²) in [6, 6.07) is 4.21. The van der Waals surface area contributed by atoms with Gasteiger partial charge in [-0.1, -0.05) is 12.5 Å². The van der Waals surface area contributed by atoms with Gasteiger partial charge in [0.15, 0.2) is 11.5 Å². The van der Waals surface area contributed by atoms with Crippen LogP contribution in [0, 0.1) is 6.92 Å². The molecule has 0 atom stereocenters. The molecule has 92 valence electrons. The summed E-state index contributed by atoms with van der Waals surface area (Å²) in [7, 11) is 0. The molecular weight excluding hydrogens is 214 g/mol. The highest BCUT2D eigenvalue weighted by Crippen LogP contribution is 2.47. The summed E-state index contributed by atoms with van der Waals surface area (Å²) < 4.78 is 11.3. The van der Waals surface area contributed by atoms with Gasteiger partial charge in [-0.3, -0.25) is 0 Å². The molecule has 3 nitrogen and oxygen atoms in total. The molecule has 2 N–H and O–H groups in total. The van der Waals surface area contributed by atoms with E-state index in [2.05, 4.69) is 13.0 Å². The molecule has 3 heteroatoms. The first kappa shape index (κ1) is 10.9. The summed E-state index contributed by atoms with van der Waals surface area (Å²) in [5.74, 6) is 1.80. The normalized spacial score (nSPS) is 20.8. The first-order chi connectivity index (χ1) is 8.27. The van der Waals surface area contributed by atoms with Crippen molar-refractivity contribution in [3.63, 3.8) is 0 Å². The predicted octanol–water partition coefficient (Wildman–Crippen LogP) is 2.15. The van der Waals surface area contributed by atoms with Gasteiger partial charge >= 0.3 is 0 Å². The number of nitrogens with two attached hydrogens (primary N) is 1. The number of benzene rings is 1. The molecular formula is C14H19NO2. The van der Waals surface area contributed by atoms with Crippen molar-refractivity contribution in [1.29, 1.82) is 0 Å². The third-order valence-corrected chi connectivity index (χ3v) is 4.23. The Morgan fingerprint density at radius 2 is 2.00 bits per heavy atom. The summed E-state index contributed by atoms with van der Waals surface area (Å²) in [6.45, 7) is 4.15. The van der Waals surface area contributed by atoms with Gasteiger partial charge in [-0.2, -0.15) is 0 Å². The van der Waals surface area contributed by atoms with Gasteiger partial charge in [0.1, 0.15) is 13.2 Å². The van der Waals surface area contributed by atoms with Crippen molar-refractivity contribution < 1.29 is 9.47 Å². The molecule has 1 saturated carbocycles. The van der Waals surface area contributed by atoms with Crippen molar-refractivity contribution >= 4 is 0 Å². The van der Waals surface area contributed by atoms with Crippen LogP contribution in [0.1, 0.15) is 30.4 Å². The maximum atomic E-state index is 5.97. The monoisotopic (exact) mass is 233 g/mol. The van der Waals surface area contributed by atoms with E-state index in [1.807, 2.05) is 6.07 Å². The van der Waals surface area contributed by atoms with Crippen molar-refractivity contribution in [1.82, 2.24) is 0 Å². The lowest BCUT2D eigenvalue weighted by Gasteiger charge is -2.43. The molecule has 1 aromatic rings. The van der Waals surface area contributed by atoms with Gasteiger partial charge in [0, 0.05) is 12.0 Å². The molecule has 1 aliphatic heterocycles. The van der Waals surface area contributed by atoms with E-state index in [1.54, 1.807) is 0 Å². The average molecular weight is 233 g/mol. The van der Waals surface area contributed by atoms with Crippen LogP contribution in [-0.2, 0) is 5.41 Å². The lowest BCUT2D eigenvalue weighted by molar-refractivity contribution is 0.168. The molecule has 0 saturated heterocycles. The van der Waals surface area contributed by atoms with Gasteiger partial charge in [-0.25, -0.2) is 0 Å². The van der Waals surface area contributed by atoms with Crippen LogP contribution in [0.15, 0.2) is 12.1 Å². The molecule has 0 amide bonds. The maximum absolute atomic E-state index is 5.97. The van der Waals surface area contributed by atoms with Crippen molar-refractivity contribution in [2.24, 2.45) is 5.73 Å². The molecule has 1 fully saturated rings. The zero-order chi connectivity index (χ0) is 11.9. The van der Waals surface area contributed by atoms with Crippen molar-refractivity contribution in [2.75, 3.05) is 19.8 Å². The van der Waals surface area contributed by atoms with Crippen LogP contribution in [0.3, 0.4) is 0 Å². The maximum Gasteiger partial charge on any atom is 0.164 e. The number of rotatable bonds is 2. The topological polar surface area (TPSA) is 44.5 Å². The Kier molecular flexibility index (Phi) is 2.51. The fourth-order valence-corrected chi connectivity index (χ4v) is 3.02. The van der Waals surface area contributed by atoms with Gasteiger partial charge in [0.25, 0.3) is 0 Å². The van der Waals surface area contributed by atoms with Gasteiger partial charge in [0.05, 0.1) is 0 Å². The molecule has 1 heterocycles. The molecule has 3 rings (SSSR count). The molecule has 0 aromatic heterocycles. The Hall–Kier alpha value is -1.22. The van der Waals surface area contributed by atoms with E-state index < -0.39 is 0 Å². The van der Waals surface area contributed by atoms with Gasteiger partial charge < -0.3 is 15.2 Å². The van der Waals surface area contributed by atoms with Crippen LogP contribution in [0.5, 0.6) is 11.5 Å². The third kappa shape index (κ3) is 1.53. The summed E-state index contributed by atoms with van der Waals surface area (Å²) in [5, 5.41) is 0. The minimum absolute atomic E-state index is 0.194. The van der Waals surface area contributed by atoms with Crippen LogP contribution in [-0.4, -0.2) is 19.8 Å². The number of hydrogen-bond acceptors (Lipinski definition) is 3. The zero-order valence-electron chi connectivity index (χ0n) is 10.3. The lowest BCUT2D eigenvalue weighted by Crippen LogP contribution is -2.42. The predicted molar refractivity (Wildman–Crippen MR) is 66.8 cm³/mol. The van der Waals surface area contributed by atoms with Crippen LogP contribution in [0.2, 0.25) is 0 Å². The average Bonchev–Trinajstić information content (AvgIpc) is 2.31. The molecule has 1 aliphatic carbocycles. The quantitative estimate of drug-likeness (QED) is 0.851. The number of hydrogen-bond donors (Lipinski definition) is 1. The standard InChI is InChI=1S/C14H19NO2/c1-10-11(14(9-15)5-2-6-14)3-4-12-13(10)17-8-7-16-12/h3-4H,2,5-9,15H2,1H3. The first-order valence-electron chi connectivity index (χ1n) is 6.37.